The van der Waals surface area contributed by atoms with E-state index in [0.29, 0.717) is 11.3 Å². The van der Waals surface area contributed by atoms with Crippen LogP contribution in [0.15, 0.2) is 77.7 Å². The molecule has 3 aromatic rings. The van der Waals surface area contributed by atoms with Crippen molar-refractivity contribution >= 4 is 27.5 Å². The van der Waals surface area contributed by atoms with E-state index < -0.39 is 21.7 Å². The first-order valence-corrected chi connectivity index (χ1v) is 11.3. The van der Waals surface area contributed by atoms with Crippen molar-refractivity contribution in [3.05, 3.63) is 95.3 Å². The molecule has 0 fully saturated rings. The predicted octanol–water partition coefficient (Wildman–Crippen LogP) is 3.31. The zero-order valence-electron chi connectivity index (χ0n) is 17.3. The molecule has 9 heteroatoms. The summed E-state index contributed by atoms with van der Waals surface area (Å²) in [5.74, 6) is -1.31. The largest absolute Gasteiger partial charge is 0.348 e. The van der Waals surface area contributed by atoms with Gasteiger partial charge in [-0.05, 0) is 60.2 Å². The van der Waals surface area contributed by atoms with Gasteiger partial charge in [-0.2, -0.15) is 0 Å². The van der Waals surface area contributed by atoms with E-state index in [1.807, 2.05) is 0 Å². The molecular formula is C23H22FN3O4S. The highest BCUT2D eigenvalue weighted by Gasteiger charge is 2.14. The molecule has 3 N–H and O–H groups in total. The molecule has 0 aliphatic rings. The number of benzene rings is 3. The van der Waals surface area contributed by atoms with Crippen LogP contribution in [0.4, 0.5) is 10.1 Å². The van der Waals surface area contributed by atoms with Crippen LogP contribution < -0.4 is 15.4 Å². The van der Waals surface area contributed by atoms with Gasteiger partial charge in [-0.25, -0.2) is 17.5 Å². The molecule has 3 rings (SSSR count). The Morgan fingerprint density at radius 1 is 0.875 bits per heavy atom. The number of anilines is 1. The van der Waals surface area contributed by atoms with Crippen LogP contribution in [0.5, 0.6) is 0 Å². The second-order valence-corrected chi connectivity index (χ2v) is 8.64. The van der Waals surface area contributed by atoms with Crippen LogP contribution in [0.25, 0.3) is 0 Å². The lowest BCUT2D eigenvalue weighted by molar-refractivity contribution is 0.0949. The summed E-state index contributed by atoms with van der Waals surface area (Å²) in [7, 11) is -3.58. The molecule has 0 bridgehead atoms. The molecule has 32 heavy (non-hydrogen) atoms. The topological polar surface area (TPSA) is 104 Å². The zero-order valence-corrected chi connectivity index (χ0v) is 18.1. The minimum atomic E-state index is -3.58. The summed E-state index contributed by atoms with van der Waals surface area (Å²) in [4.78, 5) is 24.8. The van der Waals surface area contributed by atoms with Crippen molar-refractivity contribution in [2.45, 2.75) is 18.4 Å². The Kier molecular flexibility index (Phi) is 7.34. The Balaban J connectivity index is 1.61. The molecule has 0 radical (unpaired) electrons. The Hall–Kier alpha value is -3.56. The van der Waals surface area contributed by atoms with E-state index in [1.54, 1.807) is 31.2 Å². The van der Waals surface area contributed by atoms with Gasteiger partial charge in [-0.1, -0.05) is 25.1 Å². The maximum atomic E-state index is 13.3. The second kappa shape index (κ2) is 10.2. The molecular weight excluding hydrogens is 433 g/mol. The second-order valence-electron chi connectivity index (χ2n) is 6.87. The fraction of sp³-hybridized carbons (Fsp3) is 0.130. The number of rotatable bonds is 8. The fourth-order valence-corrected chi connectivity index (χ4v) is 3.98. The van der Waals surface area contributed by atoms with Crippen molar-refractivity contribution in [1.82, 2.24) is 10.0 Å². The molecule has 0 aliphatic carbocycles. The normalized spacial score (nSPS) is 11.1. The van der Waals surface area contributed by atoms with Gasteiger partial charge in [0.15, 0.2) is 0 Å². The zero-order chi connectivity index (χ0) is 23.1. The molecule has 0 aromatic heterocycles. The van der Waals surface area contributed by atoms with Crippen LogP contribution in [-0.4, -0.2) is 26.8 Å². The van der Waals surface area contributed by atoms with Crippen molar-refractivity contribution in [2.24, 2.45) is 0 Å². The number of hydrogen-bond donors (Lipinski definition) is 3. The summed E-state index contributed by atoms with van der Waals surface area (Å²) < 4.78 is 39.7. The van der Waals surface area contributed by atoms with Crippen LogP contribution in [0.2, 0.25) is 0 Å². The Morgan fingerprint density at radius 2 is 1.59 bits per heavy atom. The Bertz CT molecular complexity index is 1230. The van der Waals surface area contributed by atoms with Gasteiger partial charge in [0.05, 0.1) is 4.90 Å². The monoisotopic (exact) mass is 455 g/mol. The minimum Gasteiger partial charge on any atom is -0.348 e. The van der Waals surface area contributed by atoms with Gasteiger partial charge in [0.2, 0.25) is 10.0 Å². The van der Waals surface area contributed by atoms with Gasteiger partial charge in [0.25, 0.3) is 11.8 Å². The first kappa shape index (κ1) is 23.1. The number of carbonyl (C=O) groups excluding carboxylic acids is 2. The maximum Gasteiger partial charge on any atom is 0.255 e. The highest BCUT2D eigenvalue weighted by atomic mass is 32.2. The number of nitrogens with one attached hydrogen (secondary N) is 3. The lowest BCUT2D eigenvalue weighted by Crippen LogP contribution is -2.24. The van der Waals surface area contributed by atoms with Gasteiger partial charge >= 0.3 is 0 Å². The molecule has 3 aromatic carbocycles. The van der Waals surface area contributed by atoms with Gasteiger partial charge in [-0.15, -0.1) is 0 Å². The number of hydrogen-bond acceptors (Lipinski definition) is 4. The molecule has 2 amide bonds. The Morgan fingerprint density at radius 3 is 2.28 bits per heavy atom. The van der Waals surface area contributed by atoms with Crippen LogP contribution in [0.1, 0.15) is 33.2 Å². The molecule has 166 valence electrons. The van der Waals surface area contributed by atoms with Crippen molar-refractivity contribution in [3.8, 4) is 0 Å². The minimum absolute atomic E-state index is 0.0811. The van der Waals surface area contributed by atoms with Gasteiger partial charge in [-0.3, -0.25) is 9.59 Å². The molecule has 0 atom stereocenters. The van der Waals surface area contributed by atoms with E-state index in [-0.39, 0.29) is 29.5 Å². The Labute approximate surface area is 185 Å². The summed E-state index contributed by atoms with van der Waals surface area (Å²) in [6.45, 7) is 2.15. The van der Waals surface area contributed by atoms with E-state index in [4.69, 9.17) is 0 Å². The first-order chi connectivity index (χ1) is 15.3. The first-order valence-electron chi connectivity index (χ1n) is 9.82. The van der Waals surface area contributed by atoms with E-state index in [9.17, 15) is 22.4 Å². The van der Waals surface area contributed by atoms with Crippen LogP contribution in [0, 0.1) is 5.82 Å². The highest BCUT2D eigenvalue weighted by molar-refractivity contribution is 7.89. The summed E-state index contributed by atoms with van der Waals surface area (Å²) in [6.07, 6.45) is 0. The third-order valence-corrected chi connectivity index (χ3v) is 6.05. The van der Waals surface area contributed by atoms with E-state index in [2.05, 4.69) is 15.4 Å². The van der Waals surface area contributed by atoms with E-state index >= 15 is 0 Å². The average molecular weight is 456 g/mol. The summed E-state index contributed by atoms with van der Waals surface area (Å²) in [5, 5.41) is 5.45. The van der Waals surface area contributed by atoms with Crippen molar-refractivity contribution < 1.29 is 22.4 Å². The number of sulfonamides is 1. The summed E-state index contributed by atoms with van der Waals surface area (Å²) in [5.41, 5.74) is 1.75. The van der Waals surface area contributed by atoms with Gasteiger partial charge < -0.3 is 10.6 Å². The summed E-state index contributed by atoms with van der Waals surface area (Å²) in [6, 6.07) is 17.9. The van der Waals surface area contributed by atoms with E-state index in [0.717, 1.165) is 11.6 Å². The molecule has 0 saturated heterocycles. The van der Waals surface area contributed by atoms with Crippen LogP contribution in [-0.2, 0) is 16.6 Å². The SMILES string of the molecule is CCNS(=O)(=O)c1ccc(C(=O)NCc2cccc(NC(=O)c3cccc(F)c3)c2)cc1. The molecule has 0 unspecified atom stereocenters. The molecule has 0 spiro atoms. The summed E-state index contributed by atoms with van der Waals surface area (Å²) >= 11 is 0. The van der Waals surface area contributed by atoms with E-state index in [1.165, 1.54) is 42.5 Å². The van der Waals surface area contributed by atoms with Crippen molar-refractivity contribution in [1.29, 1.82) is 0 Å². The average Bonchev–Trinajstić information content (AvgIpc) is 2.78. The molecule has 0 aliphatic heterocycles. The molecule has 0 heterocycles. The van der Waals surface area contributed by atoms with Gasteiger partial charge in [0, 0.05) is 29.9 Å². The lowest BCUT2D eigenvalue weighted by Gasteiger charge is -2.10. The quantitative estimate of drug-likeness (QED) is 0.485. The molecule has 7 nitrogen and oxygen atoms in total. The van der Waals surface area contributed by atoms with Crippen molar-refractivity contribution in [2.75, 3.05) is 11.9 Å². The number of amides is 2. The number of halogens is 1. The number of carbonyl (C=O) groups is 2. The van der Waals surface area contributed by atoms with Gasteiger partial charge in [0.1, 0.15) is 5.82 Å². The third kappa shape index (κ3) is 5.99. The van der Waals surface area contributed by atoms with Crippen LogP contribution >= 0.6 is 0 Å². The standard InChI is InChI=1S/C23H22FN3O4S/c1-2-26-32(30,31)21-11-9-17(10-12-21)22(28)25-15-16-5-3-8-20(13-16)27-23(29)18-6-4-7-19(24)14-18/h3-14,26H,2,15H2,1H3,(H,25,28)(H,27,29). The predicted molar refractivity (Wildman–Crippen MR) is 119 cm³/mol. The fourth-order valence-electron chi connectivity index (χ4n) is 2.94. The smallest absolute Gasteiger partial charge is 0.255 e. The highest BCUT2D eigenvalue weighted by Crippen LogP contribution is 2.14. The molecule has 0 saturated carbocycles. The van der Waals surface area contributed by atoms with Crippen molar-refractivity contribution in [3.63, 3.8) is 0 Å². The lowest BCUT2D eigenvalue weighted by atomic mass is 10.1. The third-order valence-electron chi connectivity index (χ3n) is 4.49. The maximum absolute atomic E-state index is 13.3. The van der Waals surface area contributed by atoms with Crippen LogP contribution in [0.3, 0.4) is 0 Å².